The molecule has 0 spiro atoms. The summed E-state index contributed by atoms with van der Waals surface area (Å²) in [6.45, 7) is 3.26. The zero-order chi connectivity index (χ0) is 17.8. The average molecular weight is 353 g/mol. The van der Waals surface area contributed by atoms with E-state index in [1.165, 1.54) is 24.5 Å². The van der Waals surface area contributed by atoms with Gasteiger partial charge in [-0.05, 0) is 19.1 Å². The molecule has 1 aromatic carbocycles. The summed E-state index contributed by atoms with van der Waals surface area (Å²) in [7, 11) is 0. The summed E-state index contributed by atoms with van der Waals surface area (Å²) < 4.78 is 0. The Hall–Kier alpha value is -3.13. The van der Waals surface area contributed by atoms with E-state index in [1.807, 2.05) is 17.5 Å². The van der Waals surface area contributed by atoms with Crippen molar-refractivity contribution in [3.05, 3.63) is 53.4 Å². The van der Waals surface area contributed by atoms with Crippen molar-refractivity contribution in [3.63, 3.8) is 0 Å². The third kappa shape index (κ3) is 4.24. The maximum absolute atomic E-state index is 12.1. The van der Waals surface area contributed by atoms with Crippen LogP contribution in [-0.2, 0) is 4.79 Å². The lowest BCUT2D eigenvalue weighted by Gasteiger charge is -2.03. The van der Waals surface area contributed by atoms with Gasteiger partial charge in [-0.3, -0.25) is 19.9 Å². The van der Waals surface area contributed by atoms with Crippen molar-refractivity contribution >= 4 is 34.0 Å². The third-order valence-electron chi connectivity index (χ3n) is 3.24. The minimum Gasteiger partial charge on any atom is -0.326 e. The van der Waals surface area contributed by atoms with Crippen molar-refractivity contribution in [1.82, 2.24) is 15.0 Å². The molecule has 3 rings (SSSR count). The smallest absolute Gasteiger partial charge is 0.277 e. The number of carbonyl (C=O) groups excluding carboxylic acids is 2. The molecule has 2 aromatic heterocycles. The van der Waals surface area contributed by atoms with Crippen molar-refractivity contribution in [2.24, 2.45) is 0 Å². The van der Waals surface area contributed by atoms with Gasteiger partial charge < -0.3 is 5.32 Å². The molecule has 3 aromatic rings. The predicted molar refractivity (Wildman–Crippen MR) is 96.6 cm³/mol. The summed E-state index contributed by atoms with van der Waals surface area (Å²) in [6.07, 6.45) is 2.97. The molecule has 0 unspecified atom stereocenters. The summed E-state index contributed by atoms with van der Waals surface area (Å²) >= 11 is 1.32. The van der Waals surface area contributed by atoms with E-state index in [2.05, 4.69) is 25.6 Å². The van der Waals surface area contributed by atoms with Gasteiger partial charge in [0.1, 0.15) is 5.69 Å². The monoisotopic (exact) mass is 353 g/mol. The first-order valence-corrected chi connectivity index (χ1v) is 8.33. The number of rotatable bonds is 4. The SMILES string of the molecule is CC(=O)Nc1ccc(-c2csc(NC(=O)c3cnc(C)cn3)n2)cc1. The van der Waals surface area contributed by atoms with Crippen LogP contribution in [0.4, 0.5) is 10.8 Å². The van der Waals surface area contributed by atoms with E-state index in [4.69, 9.17) is 0 Å². The van der Waals surface area contributed by atoms with Crippen LogP contribution in [0.3, 0.4) is 0 Å². The number of hydrogen-bond donors (Lipinski definition) is 2. The second-order valence-corrected chi connectivity index (χ2v) is 6.15. The molecule has 2 amide bonds. The van der Waals surface area contributed by atoms with Crippen LogP contribution >= 0.6 is 11.3 Å². The molecule has 2 heterocycles. The fraction of sp³-hybridized carbons (Fsp3) is 0.118. The van der Waals surface area contributed by atoms with Gasteiger partial charge in [-0.1, -0.05) is 12.1 Å². The van der Waals surface area contributed by atoms with Crippen molar-refractivity contribution < 1.29 is 9.59 Å². The number of nitrogens with zero attached hydrogens (tertiary/aromatic N) is 3. The van der Waals surface area contributed by atoms with Crippen LogP contribution in [0.15, 0.2) is 42.0 Å². The fourth-order valence-corrected chi connectivity index (χ4v) is 2.78. The lowest BCUT2D eigenvalue weighted by atomic mass is 10.1. The molecule has 0 bridgehead atoms. The van der Waals surface area contributed by atoms with E-state index in [1.54, 1.807) is 25.3 Å². The van der Waals surface area contributed by atoms with Gasteiger partial charge in [0.05, 0.1) is 17.6 Å². The molecule has 0 aliphatic carbocycles. The van der Waals surface area contributed by atoms with Crippen molar-refractivity contribution in [2.75, 3.05) is 10.6 Å². The molecular formula is C17H15N5O2S. The van der Waals surface area contributed by atoms with Crippen LogP contribution in [0.25, 0.3) is 11.3 Å². The topological polar surface area (TPSA) is 96.9 Å². The molecule has 0 saturated carbocycles. The summed E-state index contributed by atoms with van der Waals surface area (Å²) in [5.74, 6) is -0.472. The molecule has 0 saturated heterocycles. The Morgan fingerprint density at radius 2 is 1.80 bits per heavy atom. The molecule has 7 nitrogen and oxygen atoms in total. The standard InChI is InChI=1S/C17H15N5O2S/c1-10-7-19-14(8-18-10)16(24)22-17-21-15(9-25-17)12-3-5-13(6-4-12)20-11(2)23/h3-9H,1-2H3,(H,20,23)(H,21,22,24). The molecule has 0 aliphatic heterocycles. The average Bonchev–Trinajstić information content (AvgIpc) is 3.04. The van der Waals surface area contributed by atoms with Crippen LogP contribution in [0, 0.1) is 6.92 Å². The first-order chi connectivity index (χ1) is 12.0. The van der Waals surface area contributed by atoms with Gasteiger partial charge in [-0.25, -0.2) is 9.97 Å². The lowest BCUT2D eigenvalue weighted by molar-refractivity contribution is -0.114. The number of amides is 2. The summed E-state index contributed by atoms with van der Waals surface area (Å²) in [5.41, 5.74) is 3.33. The largest absolute Gasteiger partial charge is 0.326 e. The molecule has 25 heavy (non-hydrogen) atoms. The summed E-state index contributed by atoms with van der Waals surface area (Å²) in [5, 5.41) is 7.76. The molecule has 126 valence electrons. The van der Waals surface area contributed by atoms with Gasteiger partial charge in [0, 0.05) is 29.8 Å². The van der Waals surface area contributed by atoms with E-state index in [0.29, 0.717) is 5.13 Å². The first kappa shape index (κ1) is 16.7. The Balaban J connectivity index is 1.70. The Bertz CT molecular complexity index is 904. The van der Waals surface area contributed by atoms with Crippen LogP contribution in [0.5, 0.6) is 0 Å². The van der Waals surface area contributed by atoms with E-state index in [9.17, 15) is 9.59 Å². The van der Waals surface area contributed by atoms with E-state index in [0.717, 1.165) is 22.6 Å². The minimum absolute atomic E-state index is 0.120. The van der Waals surface area contributed by atoms with Crippen molar-refractivity contribution in [3.8, 4) is 11.3 Å². The van der Waals surface area contributed by atoms with Gasteiger partial charge in [-0.15, -0.1) is 11.3 Å². The number of benzene rings is 1. The number of anilines is 2. The molecule has 0 aliphatic rings. The maximum Gasteiger partial charge on any atom is 0.277 e. The van der Waals surface area contributed by atoms with Crippen LogP contribution in [-0.4, -0.2) is 26.8 Å². The van der Waals surface area contributed by atoms with E-state index < -0.39 is 0 Å². The number of nitrogens with one attached hydrogen (secondary N) is 2. The molecule has 0 fully saturated rings. The van der Waals surface area contributed by atoms with Gasteiger partial charge in [0.2, 0.25) is 5.91 Å². The van der Waals surface area contributed by atoms with Crippen LogP contribution in [0.2, 0.25) is 0 Å². The highest BCUT2D eigenvalue weighted by atomic mass is 32.1. The zero-order valence-corrected chi connectivity index (χ0v) is 14.4. The molecule has 0 radical (unpaired) electrons. The maximum atomic E-state index is 12.1. The number of hydrogen-bond acceptors (Lipinski definition) is 6. The molecular weight excluding hydrogens is 338 g/mol. The van der Waals surface area contributed by atoms with Gasteiger partial charge in [-0.2, -0.15) is 0 Å². The number of aromatic nitrogens is 3. The predicted octanol–water partition coefficient (Wildman–Crippen LogP) is 3.12. The minimum atomic E-state index is -0.352. The fourth-order valence-electron chi connectivity index (χ4n) is 2.06. The van der Waals surface area contributed by atoms with Crippen LogP contribution < -0.4 is 10.6 Å². The Morgan fingerprint density at radius 1 is 1.04 bits per heavy atom. The third-order valence-corrected chi connectivity index (χ3v) is 4.00. The van der Waals surface area contributed by atoms with Gasteiger partial charge in [0.15, 0.2) is 5.13 Å². The normalized spacial score (nSPS) is 10.3. The Kier molecular flexibility index (Phi) is 4.80. The van der Waals surface area contributed by atoms with Crippen molar-refractivity contribution in [1.29, 1.82) is 0 Å². The quantitative estimate of drug-likeness (QED) is 0.751. The summed E-state index contributed by atoms with van der Waals surface area (Å²) in [4.78, 5) is 35.7. The lowest BCUT2D eigenvalue weighted by Crippen LogP contribution is -2.13. The Labute approximate surface area is 148 Å². The van der Waals surface area contributed by atoms with Gasteiger partial charge in [0.25, 0.3) is 5.91 Å². The number of carbonyl (C=O) groups is 2. The highest BCUT2D eigenvalue weighted by Crippen LogP contribution is 2.26. The van der Waals surface area contributed by atoms with Crippen molar-refractivity contribution in [2.45, 2.75) is 13.8 Å². The molecule has 8 heteroatoms. The van der Waals surface area contributed by atoms with E-state index >= 15 is 0 Å². The Morgan fingerprint density at radius 3 is 2.44 bits per heavy atom. The second kappa shape index (κ2) is 7.18. The summed E-state index contributed by atoms with van der Waals surface area (Å²) in [6, 6.07) is 7.32. The van der Waals surface area contributed by atoms with Gasteiger partial charge >= 0.3 is 0 Å². The van der Waals surface area contributed by atoms with Crippen LogP contribution in [0.1, 0.15) is 23.1 Å². The molecule has 2 N–H and O–H groups in total. The molecule has 0 atom stereocenters. The highest BCUT2D eigenvalue weighted by Gasteiger charge is 2.11. The zero-order valence-electron chi connectivity index (χ0n) is 13.6. The number of aryl methyl sites for hydroxylation is 1. The van der Waals surface area contributed by atoms with E-state index in [-0.39, 0.29) is 17.5 Å². The number of thiazole rings is 1. The second-order valence-electron chi connectivity index (χ2n) is 5.29. The highest BCUT2D eigenvalue weighted by molar-refractivity contribution is 7.14. The first-order valence-electron chi connectivity index (χ1n) is 7.45.